The van der Waals surface area contributed by atoms with Crippen LogP contribution in [0, 0.1) is 21.8 Å². The predicted molar refractivity (Wildman–Crippen MR) is 70.7 cm³/mol. The molecule has 6 nitrogen and oxygen atoms in total. The van der Waals surface area contributed by atoms with E-state index in [1.165, 1.54) is 4.90 Å². The van der Waals surface area contributed by atoms with Gasteiger partial charge < -0.3 is 10.6 Å². The summed E-state index contributed by atoms with van der Waals surface area (Å²) in [6, 6.07) is 2.92. The molecule has 2 N–H and O–H groups in total. The number of nitro groups is 1. The molecule has 2 rings (SSSR count). The van der Waals surface area contributed by atoms with E-state index in [0.717, 1.165) is 24.6 Å². The van der Waals surface area contributed by atoms with Crippen LogP contribution in [0.2, 0.25) is 0 Å². The Kier molecular flexibility index (Phi) is 3.99. The quantitative estimate of drug-likeness (QED) is 0.657. The molecule has 1 saturated heterocycles. The fourth-order valence-corrected chi connectivity index (χ4v) is 2.53. The summed E-state index contributed by atoms with van der Waals surface area (Å²) in [5.74, 6) is -1.10. The van der Waals surface area contributed by atoms with E-state index in [-0.39, 0.29) is 23.2 Å². The van der Waals surface area contributed by atoms with Crippen molar-refractivity contribution in [3.63, 3.8) is 0 Å². The van der Waals surface area contributed by atoms with E-state index in [9.17, 15) is 19.3 Å². The largest absolute Gasteiger partial charge is 0.337 e. The molecule has 0 bridgehead atoms. The third kappa shape index (κ3) is 2.93. The van der Waals surface area contributed by atoms with Gasteiger partial charge in [0.1, 0.15) is 5.82 Å². The monoisotopic (exact) mass is 281 g/mol. The predicted octanol–water partition coefficient (Wildman–Crippen LogP) is 1.54. The Bertz CT molecular complexity index is 540. The molecule has 108 valence electrons. The highest BCUT2D eigenvalue weighted by molar-refractivity contribution is 5.94. The number of nitrogens with two attached hydrogens (primary N) is 1. The number of nitro benzene ring substituents is 1. The Morgan fingerprint density at radius 2 is 2.20 bits per heavy atom. The number of hydrogen-bond acceptors (Lipinski definition) is 4. The zero-order valence-electron chi connectivity index (χ0n) is 11.1. The fraction of sp³-hybridized carbons (Fsp3) is 0.462. The smallest absolute Gasteiger partial charge is 0.272 e. The number of halogens is 1. The number of hydrogen-bond donors (Lipinski definition) is 1. The van der Waals surface area contributed by atoms with E-state index in [0.29, 0.717) is 13.1 Å². The maximum Gasteiger partial charge on any atom is 0.272 e. The highest BCUT2D eigenvalue weighted by Crippen LogP contribution is 2.21. The zero-order chi connectivity index (χ0) is 14.9. The van der Waals surface area contributed by atoms with Crippen LogP contribution in [0.15, 0.2) is 18.2 Å². The SMILES string of the molecule is CC1CC(N)CN(C(=O)c2ccc([N+](=O)[O-])cc2F)C1. The zero-order valence-corrected chi connectivity index (χ0v) is 11.1. The molecule has 1 aromatic rings. The summed E-state index contributed by atoms with van der Waals surface area (Å²) in [6.07, 6.45) is 0.826. The summed E-state index contributed by atoms with van der Waals surface area (Å²) in [4.78, 5) is 23.6. The first-order chi connectivity index (χ1) is 9.38. The number of amides is 1. The van der Waals surface area contributed by atoms with E-state index in [1.807, 2.05) is 6.92 Å². The van der Waals surface area contributed by atoms with E-state index in [2.05, 4.69) is 0 Å². The van der Waals surface area contributed by atoms with Crippen LogP contribution in [-0.2, 0) is 0 Å². The minimum absolute atomic E-state index is 0.121. The maximum absolute atomic E-state index is 13.8. The minimum Gasteiger partial charge on any atom is -0.337 e. The van der Waals surface area contributed by atoms with Gasteiger partial charge in [-0.2, -0.15) is 0 Å². The first-order valence-electron chi connectivity index (χ1n) is 6.37. The van der Waals surface area contributed by atoms with Gasteiger partial charge in [0.25, 0.3) is 11.6 Å². The van der Waals surface area contributed by atoms with Crippen molar-refractivity contribution >= 4 is 11.6 Å². The van der Waals surface area contributed by atoms with E-state index < -0.39 is 16.6 Å². The number of nitrogens with zero attached hydrogens (tertiary/aromatic N) is 2. The second kappa shape index (κ2) is 5.54. The van der Waals surface area contributed by atoms with Crippen molar-refractivity contribution in [3.05, 3.63) is 39.7 Å². The van der Waals surface area contributed by atoms with Gasteiger partial charge in [0.2, 0.25) is 0 Å². The minimum atomic E-state index is -0.879. The molecule has 20 heavy (non-hydrogen) atoms. The van der Waals surface area contributed by atoms with E-state index >= 15 is 0 Å². The lowest BCUT2D eigenvalue weighted by Gasteiger charge is -2.34. The van der Waals surface area contributed by atoms with Gasteiger partial charge in [-0.25, -0.2) is 4.39 Å². The normalized spacial score (nSPS) is 22.6. The molecular formula is C13H16FN3O3. The van der Waals surface area contributed by atoms with Crippen molar-refractivity contribution in [1.82, 2.24) is 4.90 Å². The van der Waals surface area contributed by atoms with E-state index in [4.69, 9.17) is 5.73 Å². The summed E-state index contributed by atoms with van der Waals surface area (Å²) in [6.45, 7) is 2.87. The molecule has 2 unspecified atom stereocenters. The summed E-state index contributed by atoms with van der Waals surface area (Å²) in [7, 11) is 0. The molecule has 7 heteroatoms. The van der Waals surface area contributed by atoms with Gasteiger partial charge in [-0.15, -0.1) is 0 Å². The number of carbonyl (C=O) groups is 1. The first-order valence-corrected chi connectivity index (χ1v) is 6.37. The molecule has 0 radical (unpaired) electrons. The summed E-state index contributed by atoms with van der Waals surface area (Å²) in [5, 5.41) is 10.5. The number of piperidine rings is 1. The Balaban J connectivity index is 2.23. The molecule has 0 spiro atoms. The van der Waals surface area contributed by atoms with Gasteiger partial charge in [-0.1, -0.05) is 6.92 Å². The van der Waals surface area contributed by atoms with Gasteiger partial charge in [-0.05, 0) is 18.4 Å². The molecule has 0 saturated carbocycles. The van der Waals surface area contributed by atoms with Gasteiger partial charge in [0.05, 0.1) is 16.6 Å². The van der Waals surface area contributed by atoms with Crippen LogP contribution in [-0.4, -0.2) is 34.9 Å². The second-order valence-corrected chi connectivity index (χ2v) is 5.23. The standard InChI is InChI=1S/C13H16FN3O3/c1-8-4-9(15)7-16(6-8)13(18)11-3-2-10(17(19)20)5-12(11)14/h2-3,5,8-9H,4,6-7,15H2,1H3. The van der Waals surface area contributed by atoms with Gasteiger partial charge in [-0.3, -0.25) is 14.9 Å². The Morgan fingerprint density at radius 1 is 1.50 bits per heavy atom. The van der Waals surface area contributed by atoms with Crippen LogP contribution in [0.3, 0.4) is 0 Å². The third-order valence-corrected chi connectivity index (χ3v) is 3.37. The van der Waals surface area contributed by atoms with Crippen molar-refractivity contribution in [3.8, 4) is 0 Å². The van der Waals surface area contributed by atoms with Crippen molar-refractivity contribution in [1.29, 1.82) is 0 Å². The van der Waals surface area contributed by atoms with Crippen molar-refractivity contribution in [2.24, 2.45) is 11.7 Å². The third-order valence-electron chi connectivity index (χ3n) is 3.37. The lowest BCUT2D eigenvalue weighted by atomic mass is 9.96. The average Bonchev–Trinajstić information content (AvgIpc) is 2.36. The maximum atomic E-state index is 13.8. The number of non-ortho nitro benzene ring substituents is 1. The molecule has 1 fully saturated rings. The van der Waals surface area contributed by atoms with Gasteiger partial charge in [0.15, 0.2) is 0 Å². The van der Waals surface area contributed by atoms with Crippen LogP contribution in [0.5, 0.6) is 0 Å². The van der Waals surface area contributed by atoms with Crippen molar-refractivity contribution < 1.29 is 14.1 Å². The molecule has 1 amide bonds. The van der Waals surface area contributed by atoms with Crippen LogP contribution >= 0.6 is 0 Å². The van der Waals surface area contributed by atoms with Crippen LogP contribution in [0.4, 0.5) is 10.1 Å². The second-order valence-electron chi connectivity index (χ2n) is 5.23. The lowest BCUT2D eigenvalue weighted by molar-refractivity contribution is -0.385. The van der Waals surface area contributed by atoms with Crippen molar-refractivity contribution in [2.45, 2.75) is 19.4 Å². The average molecular weight is 281 g/mol. The number of rotatable bonds is 2. The summed E-state index contributed by atoms with van der Waals surface area (Å²) >= 11 is 0. The van der Waals surface area contributed by atoms with Crippen LogP contribution in [0.25, 0.3) is 0 Å². The highest BCUT2D eigenvalue weighted by atomic mass is 19.1. The molecule has 1 aliphatic heterocycles. The van der Waals surface area contributed by atoms with Crippen LogP contribution < -0.4 is 5.73 Å². The fourth-order valence-electron chi connectivity index (χ4n) is 2.53. The highest BCUT2D eigenvalue weighted by Gasteiger charge is 2.28. The molecule has 2 atom stereocenters. The molecule has 0 aliphatic carbocycles. The van der Waals surface area contributed by atoms with Gasteiger partial charge in [0, 0.05) is 25.2 Å². The number of carbonyl (C=O) groups excluding carboxylic acids is 1. The molecule has 1 aromatic carbocycles. The lowest BCUT2D eigenvalue weighted by Crippen LogP contribution is -2.49. The molecule has 1 aliphatic rings. The van der Waals surface area contributed by atoms with Crippen LogP contribution in [0.1, 0.15) is 23.7 Å². The molecule has 1 heterocycles. The number of benzene rings is 1. The topological polar surface area (TPSA) is 89.5 Å². The Hall–Kier alpha value is -2.02. The molecular weight excluding hydrogens is 265 g/mol. The summed E-state index contributed by atoms with van der Waals surface area (Å²) < 4.78 is 13.8. The van der Waals surface area contributed by atoms with Gasteiger partial charge >= 0.3 is 0 Å². The molecule has 0 aromatic heterocycles. The number of likely N-dealkylation sites (tertiary alicyclic amines) is 1. The van der Waals surface area contributed by atoms with E-state index in [1.54, 1.807) is 0 Å². The summed E-state index contributed by atoms with van der Waals surface area (Å²) in [5.41, 5.74) is 5.33. The Labute approximate surface area is 115 Å². The first kappa shape index (κ1) is 14.4. The Morgan fingerprint density at radius 3 is 2.75 bits per heavy atom. The van der Waals surface area contributed by atoms with Crippen molar-refractivity contribution in [2.75, 3.05) is 13.1 Å².